The van der Waals surface area contributed by atoms with E-state index in [-0.39, 0.29) is 29.7 Å². The molecule has 5 rings (SSSR count). The Balaban J connectivity index is 1.78. The number of aryl methyl sites for hydroxylation is 2. The number of nitrogens with two attached hydrogens (primary N) is 1. The number of aliphatic hydroxyl groups is 3. The number of nitrogens with zero attached hydrogens (tertiary/aromatic N) is 2. The van der Waals surface area contributed by atoms with Crippen molar-refractivity contribution in [3.8, 4) is 16.9 Å². The lowest BCUT2D eigenvalue weighted by molar-refractivity contribution is -0.153. The number of benzene rings is 2. The van der Waals surface area contributed by atoms with E-state index in [9.17, 15) is 34.8 Å². The molecule has 1 fully saturated rings. The van der Waals surface area contributed by atoms with Crippen LogP contribution < -0.4 is 10.6 Å². The van der Waals surface area contributed by atoms with Gasteiger partial charge in [-0.3, -0.25) is 19.3 Å². The molecule has 6 N–H and O–H groups in total. The number of phenolic OH excluding ortho intramolecular Hbond substituents is 1. The van der Waals surface area contributed by atoms with Gasteiger partial charge in [0.25, 0.3) is 5.91 Å². The smallest absolute Gasteiger partial charge is 0.255 e. The normalized spacial score (nSPS) is 25.7. The zero-order valence-electron chi connectivity index (χ0n) is 23.9. The van der Waals surface area contributed by atoms with Crippen molar-refractivity contribution in [2.45, 2.75) is 38.3 Å². The summed E-state index contributed by atoms with van der Waals surface area (Å²) < 4.78 is 0. The molecule has 1 saturated carbocycles. The van der Waals surface area contributed by atoms with Crippen LogP contribution in [0.15, 0.2) is 41.2 Å². The fourth-order valence-electron chi connectivity index (χ4n) is 7.04. The Bertz CT molecular complexity index is 1580. The summed E-state index contributed by atoms with van der Waals surface area (Å²) in [6, 6.07) is 6.56. The van der Waals surface area contributed by atoms with E-state index in [0.29, 0.717) is 11.1 Å². The Kier molecular flexibility index (Phi) is 6.55. The number of aliphatic hydroxyl groups excluding tert-OH is 2. The van der Waals surface area contributed by atoms with Crippen LogP contribution in [0.1, 0.15) is 28.7 Å². The number of anilines is 1. The van der Waals surface area contributed by atoms with Crippen LogP contribution in [-0.2, 0) is 20.8 Å². The van der Waals surface area contributed by atoms with Crippen LogP contribution in [0, 0.1) is 25.7 Å². The largest absolute Gasteiger partial charge is 0.508 e. The van der Waals surface area contributed by atoms with E-state index < -0.39 is 58.0 Å². The molecule has 2 aromatic rings. The Labute approximate surface area is 238 Å². The highest BCUT2D eigenvalue weighted by Gasteiger charge is 2.64. The summed E-state index contributed by atoms with van der Waals surface area (Å²) in [5.41, 5.74) is 6.29. The van der Waals surface area contributed by atoms with Gasteiger partial charge < -0.3 is 31.1 Å². The molecule has 2 aromatic carbocycles. The van der Waals surface area contributed by atoms with E-state index in [2.05, 4.69) is 0 Å². The van der Waals surface area contributed by atoms with Crippen LogP contribution in [0.3, 0.4) is 0 Å². The van der Waals surface area contributed by atoms with Gasteiger partial charge in [0, 0.05) is 36.8 Å². The number of primary amides is 1. The van der Waals surface area contributed by atoms with E-state index in [1.54, 1.807) is 14.1 Å². The lowest BCUT2D eigenvalue weighted by Crippen LogP contribution is -2.65. The second-order valence-corrected chi connectivity index (χ2v) is 11.9. The first-order valence-electron chi connectivity index (χ1n) is 13.4. The van der Waals surface area contributed by atoms with Gasteiger partial charge in [-0.25, -0.2) is 0 Å². The summed E-state index contributed by atoms with van der Waals surface area (Å²) >= 11 is 0. The predicted molar refractivity (Wildman–Crippen MR) is 153 cm³/mol. The van der Waals surface area contributed by atoms with Gasteiger partial charge in [0.15, 0.2) is 11.4 Å². The van der Waals surface area contributed by atoms with Gasteiger partial charge in [-0.05, 0) is 63.9 Å². The fourth-order valence-corrected chi connectivity index (χ4v) is 7.04. The molecule has 41 heavy (non-hydrogen) atoms. The molecule has 10 heteroatoms. The molecule has 0 heterocycles. The first-order chi connectivity index (χ1) is 19.1. The molecule has 0 spiro atoms. The summed E-state index contributed by atoms with van der Waals surface area (Å²) in [4.78, 5) is 42.9. The molecular weight excluding hydrogens is 526 g/mol. The van der Waals surface area contributed by atoms with Crippen molar-refractivity contribution in [1.29, 1.82) is 0 Å². The summed E-state index contributed by atoms with van der Waals surface area (Å²) in [7, 11) is 6.83. The maximum Gasteiger partial charge on any atom is 0.255 e. The first-order valence-corrected chi connectivity index (χ1v) is 13.4. The molecular formula is C31H35N3O7. The molecule has 3 aliphatic rings. The fraction of sp³-hybridized carbons (Fsp3) is 0.387. The van der Waals surface area contributed by atoms with Gasteiger partial charge in [-0.15, -0.1) is 0 Å². The Morgan fingerprint density at radius 3 is 2.15 bits per heavy atom. The average Bonchev–Trinajstić information content (AvgIpc) is 2.85. The minimum atomic E-state index is -2.67. The summed E-state index contributed by atoms with van der Waals surface area (Å²) in [6.45, 7) is 3.88. The number of hydrogen-bond donors (Lipinski definition) is 5. The zero-order valence-corrected chi connectivity index (χ0v) is 23.9. The molecule has 0 bridgehead atoms. The Hall–Kier alpha value is -4.15. The SMILES string of the molecule is Cc1cc(C)cc(-c2cc(N(C)C)c3c(c2O)C(O)=C2C(=O)C4(O)C(O)=C(C(N)=O)C(=O)C(N(C)C)C4CC2C3)c1. The predicted octanol–water partition coefficient (Wildman–Crippen LogP) is 2.31. The number of hydrogen-bond acceptors (Lipinski definition) is 9. The van der Waals surface area contributed by atoms with Crippen LogP contribution in [0.2, 0.25) is 0 Å². The third kappa shape index (κ3) is 3.96. The van der Waals surface area contributed by atoms with Gasteiger partial charge in [-0.1, -0.05) is 29.3 Å². The summed E-state index contributed by atoms with van der Waals surface area (Å²) in [5.74, 6) is -6.65. The number of rotatable bonds is 4. The lowest BCUT2D eigenvalue weighted by atomic mass is 9.57. The third-order valence-electron chi connectivity index (χ3n) is 8.71. The van der Waals surface area contributed by atoms with Gasteiger partial charge in [0.1, 0.15) is 22.8 Å². The van der Waals surface area contributed by atoms with Crippen LogP contribution >= 0.6 is 0 Å². The summed E-state index contributed by atoms with van der Waals surface area (Å²) in [6.07, 6.45) is 0.265. The van der Waals surface area contributed by atoms with Crippen LogP contribution in [0.5, 0.6) is 5.75 Å². The minimum absolute atomic E-state index is 0.0399. The van der Waals surface area contributed by atoms with E-state index in [0.717, 1.165) is 22.4 Å². The number of carbonyl (C=O) groups excluding carboxylic acids is 3. The first kappa shape index (κ1) is 28.4. The van der Waals surface area contributed by atoms with E-state index >= 15 is 0 Å². The third-order valence-corrected chi connectivity index (χ3v) is 8.71. The van der Waals surface area contributed by atoms with E-state index in [1.165, 1.54) is 4.90 Å². The highest BCUT2D eigenvalue weighted by atomic mass is 16.3. The van der Waals surface area contributed by atoms with Crippen molar-refractivity contribution in [3.63, 3.8) is 0 Å². The maximum absolute atomic E-state index is 14.1. The second-order valence-electron chi connectivity index (χ2n) is 11.9. The number of likely N-dealkylation sites (N-methyl/N-ethyl adjacent to an activating group) is 1. The van der Waals surface area contributed by atoms with Crippen LogP contribution in [0.4, 0.5) is 5.69 Å². The monoisotopic (exact) mass is 561 g/mol. The van der Waals surface area contributed by atoms with Crippen LogP contribution in [-0.4, -0.2) is 82.6 Å². The number of aromatic hydroxyl groups is 1. The number of fused-ring (bicyclic) bond motifs is 3. The van der Waals surface area contributed by atoms with Crippen LogP contribution in [0.25, 0.3) is 16.9 Å². The molecule has 3 aliphatic carbocycles. The molecule has 216 valence electrons. The van der Waals surface area contributed by atoms with E-state index in [1.807, 2.05) is 57.1 Å². The molecule has 10 nitrogen and oxygen atoms in total. The van der Waals surface area contributed by atoms with Crippen molar-refractivity contribution in [3.05, 3.63) is 63.4 Å². The highest BCUT2D eigenvalue weighted by molar-refractivity contribution is 6.24. The van der Waals surface area contributed by atoms with Gasteiger partial charge >= 0.3 is 0 Å². The Morgan fingerprint density at radius 1 is 1.00 bits per heavy atom. The number of ketones is 2. The second kappa shape index (κ2) is 9.46. The number of amides is 1. The maximum atomic E-state index is 14.1. The molecule has 0 saturated heterocycles. The van der Waals surface area contributed by atoms with Gasteiger partial charge in [-0.2, -0.15) is 0 Å². The average molecular weight is 562 g/mol. The van der Waals surface area contributed by atoms with E-state index in [4.69, 9.17) is 5.73 Å². The summed E-state index contributed by atoms with van der Waals surface area (Å²) in [5, 5.41) is 46.1. The van der Waals surface area contributed by atoms with Crippen molar-refractivity contribution in [1.82, 2.24) is 4.90 Å². The minimum Gasteiger partial charge on any atom is -0.508 e. The molecule has 1 amide bonds. The van der Waals surface area contributed by atoms with Crippen molar-refractivity contribution in [2.24, 2.45) is 17.6 Å². The number of carbonyl (C=O) groups is 3. The van der Waals surface area contributed by atoms with Gasteiger partial charge in [0.2, 0.25) is 5.78 Å². The molecule has 0 aliphatic heterocycles. The zero-order chi connectivity index (χ0) is 30.3. The Morgan fingerprint density at radius 2 is 1.61 bits per heavy atom. The molecule has 4 atom stereocenters. The highest BCUT2D eigenvalue weighted by Crippen LogP contribution is 2.55. The number of Topliss-reactive ketones (excluding diaryl/α,β-unsaturated/α-hetero) is 2. The standard InChI is InChI=1S/C31H35N3O7/c1-13-7-14(2)9-15(8-13)17-12-20(33(3)4)18-10-16-11-19-24(34(5)6)27(37)23(30(32)40)29(39)31(19,41)28(38)21(16)26(36)22(18)25(17)35/h7-9,12,16,19,24,35-36,39,41H,10-11H2,1-6H3,(H2,32,40). The quantitative estimate of drug-likeness (QED) is 0.352. The topological polar surface area (TPSA) is 165 Å². The van der Waals surface area contributed by atoms with Gasteiger partial charge in [0.05, 0.1) is 11.6 Å². The molecule has 4 unspecified atom stereocenters. The molecule has 0 radical (unpaired) electrons. The lowest BCUT2D eigenvalue weighted by Gasteiger charge is -2.50. The van der Waals surface area contributed by atoms with Crippen molar-refractivity contribution >= 4 is 28.9 Å². The number of phenols is 1. The van der Waals surface area contributed by atoms with Crippen molar-refractivity contribution in [2.75, 3.05) is 33.1 Å². The molecule has 0 aromatic heterocycles. The van der Waals surface area contributed by atoms with Crippen molar-refractivity contribution < 1.29 is 34.8 Å².